The Kier molecular flexibility index (Phi) is 5.98. The van der Waals surface area contributed by atoms with E-state index in [1.54, 1.807) is 11.4 Å². The van der Waals surface area contributed by atoms with Crippen LogP contribution >= 0.6 is 11.3 Å². The topological polar surface area (TPSA) is 126 Å². The SMILES string of the molecule is CNC(=O)Cc1csc(NC(=O)c2c[nH]c(=O)n(Cc3ccccc3F)c2=O)n1. The lowest BCUT2D eigenvalue weighted by Gasteiger charge is -2.08. The van der Waals surface area contributed by atoms with Crippen LogP contribution in [0.2, 0.25) is 0 Å². The summed E-state index contributed by atoms with van der Waals surface area (Å²) in [5, 5.41) is 6.73. The molecule has 0 atom stereocenters. The minimum Gasteiger partial charge on any atom is -0.359 e. The number of aromatic nitrogens is 3. The monoisotopic (exact) mass is 417 g/mol. The summed E-state index contributed by atoms with van der Waals surface area (Å²) in [5.74, 6) is -1.58. The number of hydrogen-bond donors (Lipinski definition) is 3. The maximum absolute atomic E-state index is 13.9. The van der Waals surface area contributed by atoms with Crippen LogP contribution in [-0.4, -0.2) is 33.4 Å². The summed E-state index contributed by atoms with van der Waals surface area (Å²) in [7, 11) is 1.50. The van der Waals surface area contributed by atoms with E-state index in [1.165, 1.54) is 25.2 Å². The average Bonchev–Trinajstić information content (AvgIpc) is 3.12. The van der Waals surface area contributed by atoms with Gasteiger partial charge in [-0.25, -0.2) is 14.2 Å². The molecule has 0 aliphatic rings. The van der Waals surface area contributed by atoms with Crippen molar-refractivity contribution in [3.63, 3.8) is 0 Å². The molecule has 1 aromatic carbocycles. The number of anilines is 1. The molecule has 2 heterocycles. The third-order valence-corrected chi connectivity index (χ3v) is 4.79. The Morgan fingerprint density at radius 3 is 2.76 bits per heavy atom. The predicted molar refractivity (Wildman–Crippen MR) is 105 cm³/mol. The van der Waals surface area contributed by atoms with E-state index in [9.17, 15) is 23.6 Å². The number of H-pyrrole nitrogens is 1. The van der Waals surface area contributed by atoms with Crippen molar-refractivity contribution in [3.8, 4) is 0 Å². The molecule has 0 saturated carbocycles. The summed E-state index contributed by atoms with van der Waals surface area (Å²) in [4.78, 5) is 54.9. The fourth-order valence-corrected chi connectivity index (χ4v) is 3.18. The molecule has 3 aromatic rings. The van der Waals surface area contributed by atoms with E-state index in [0.717, 1.165) is 22.1 Å². The first kappa shape index (κ1) is 20.1. The van der Waals surface area contributed by atoms with Gasteiger partial charge in [0.25, 0.3) is 11.5 Å². The summed E-state index contributed by atoms with van der Waals surface area (Å²) in [6.07, 6.45) is 1.05. The van der Waals surface area contributed by atoms with Crippen molar-refractivity contribution in [1.82, 2.24) is 19.9 Å². The Hall–Kier alpha value is -3.60. The number of likely N-dealkylation sites (N-methyl/N-ethyl adjacent to an activating group) is 1. The second-order valence-electron chi connectivity index (χ2n) is 5.94. The number of carbonyl (C=O) groups excluding carboxylic acids is 2. The highest BCUT2D eigenvalue weighted by Gasteiger charge is 2.17. The van der Waals surface area contributed by atoms with Gasteiger partial charge in [-0.05, 0) is 6.07 Å². The third-order valence-electron chi connectivity index (χ3n) is 3.98. The number of amides is 2. The molecule has 2 aromatic heterocycles. The highest BCUT2D eigenvalue weighted by Crippen LogP contribution is 2.16. The largest absolute Gasteiger partial charge is 0.359 e. The zero-order valence-corrected chi connectivity index (χ0v) is 16.0. The standard InChI is InChI=1S/C18H16FN5O4S/c1-20-14(25)6-11-9-29-17(22-11)23-15(26)12-7-21-18(28)24(16(12)27)8-10-4-2-3-5-13(10)19/h2-5,7,9H,6,8H2,1H3,(H,20,25)(H,21,28)(H,22,23,26). The van der Waals surface area contributed by atoms with Gasteiger partial charge in [-0.1, -0.05) is 18.2 Å². The van der Waals surface area contributed by atoms with Gasteiger partial charge in [0.2, 0.25) is 5.91 Å². The molecule has 0 saturated heterocycles. The smallest absolute Gasteiger partial charge is 0.328 e. The number of nitrogens with zero attached hydrogens (tertiary/aromatic N) is 2. The Labute approximate surface area is 167 Å². The average molecular weight is 417 g/mol. The van der Waals surface area contributed by atoms with E-state index >= 15 is 0 Å². The molecule has 0 aliphatic heterocycles. The summed E-state index contributed by atoms with van der Waals surface area (Å²) in [6, 6.07) is 5.72. The maximum Gasteiger partial charge on any atom is 0.328 e. The second kappa shape index (κ2) is 8.61. The van der Waals surface area contributed by atoms with E-state index in [1.807, 2.05) is 0 Å². The molecule has 11 heteroatoms. The Morgan fingerprint density at radius 1 is 1.28 bits per heavy atom. The maximum atomic E-state index is 13.9. The van der Waals surface area contributed by atoms with Crippen LogP contribution in [0.15, 0.2) is 45.4 Å². The van der Waals surface area contributed by atoms with Crippen molar-refractivity contribution >= 4 is 28.3 Å². The predicted octanol–water partition coefficient (Wildman–Crippen LogP) is 0.721. The van der Waals surface area contributed by atoms with Gasteiger partial charge in [-0.15, -0.1) is 11.3 Å². The fourth-order valence-electron chi connectivity index (χ4n) is 2.48. The Balaban J connectivity index is 1.83. The summed E-state index contributed by atoms with van der Waals surface area (Å²) in [6.45, 7) is -0.324. The molecule has 0 fully saturated rings. The quantitative estimate of drug-likeness (QED) is 0.545. The normalized spacial score (nSPS) is 10.6. The van der Waals surface area contributed by atoms with Crippen LogP contribution in [0.1, 0.15) is 21.6 Å². The molecule has 3 N–H and O–H groups in total. The van der Waals surface area contributed by atoms with Crippen LogP contribution in [0.4, 0.5) is 9.52 Å². The summed E-state index contributed by atoms with van der Waals surface area (Å²) in [5.41, 5.74) is -1.36. The minimum absolute atomic E-state index is 0.0526. The number of rotatable bonds is 6. The van der Waals surface area contributed by atoms with E-state index in [0.29, 0.717) is 5.69 Å². The molecule has 0 unspecified atom stereocenters. The van der Waals surface area contributed by atoms with Crippen molar-refractivity contribution in [1.29, 1.82) is 0 Å². The fraction of sp³-hybridized carbons (Fsp3) is 0.167. The molecule has 0 spiro atoms. The molecule has 0 bridgehead atoms. The van der Waals surface area contributed by atoms with Crippen molar-refractivity contribution in [3.05, 3.63) is 79.3 Å². The van der Waals surface area contributed by atoms with E-state index < -0.39 is 23.0 Å². The zero-order chi connectivity index (χ0) is 21.0. The number of hydrogen-bond acceptors (Lipinski definition) is 6. The molecule has 0 radical (unpaired) electrons. The van der Waals surface area contributed by atoms with Crippen LogP contribution in [-0.2, 0) is 17.8 Å². The van der Waals surface area contributed by atoms with Crippen molar-refractivity contribution in [2.24, 2.45) is 0 Å². The molecular formula is C18H16FN5O4S. The molecule has 29 heavy (non-hydrogen) atoms. The van der Waals surface area contributed by atoms with E-state index in [4.69, 9.17) is 0 Å². The Bertz CT molecular complexity index is 1180. The molecule has 3 rings (SSSR count). The molecule has 2 amide bonds. The molecule has 150 valence electrons. The molecule has 9 nitrogen and oxygen atoms in total. The van der Waals surface area contributed by atoms with Gasteiger partial charge < -0.3 is 10.3 Å². The number of nitrogens with one attached hydrogen (secondary N) is 3. The summed E-state index contributed by atoms with van der Waals surface area (Å²) >= 11 is 1.09. The van der Waals surface area contributed by atoms with E-state index in [-0.39, 0.29) is 35.1 Å². The third kappa shape index (κ3) is 4.63. The highest BCUT2D eigenvalue weighted by atomic mass is 32.1. The van der Waals surface area contributed by atoms with Crippen LogP contribution < -0.4 is 21.9 Å². The first-order valence-electron chi connectivity index (χ1n) is 8.41. The van der Waals surface area contributed by atoms with Gasteiger partial charge in [0.1, 0.15) is 11.4 Å². The van der Waals surface area contributed by atoms with Gasteiger partial charge in [-0.2, -0.15) is 0 Å². The van der Waals surface area contributed by atoms with Gasteiger partial charge in [0.05, 0.1) is 18.7 Å². The van der Waals surface area contributed by atoms with Crippen LogP contribution in [0.3, 0.4) is 0 Å². The zero-order valence-electron chi connectivity index (χ0n) is 15.2. The number of aromatic amines is 1. The number of halogens is 1. The molecular weight excluding hydrogens is 401 g/mol. The van der Waals surface area contributed by atoms with Crippen molar-refractivity contribution < 1.29 is 14.0 Å². The highest BCUT2D eigenvalue weighted by molar-refractivity contribution is 7.14. The summed E-state index contributed by atoms with van der Waals surface area (Å²) < 4.78 is 14.6. The molecule has 0 aliphatic carbocycles. The van der Waals surface area contributed by atoms with Crippen molar-refractivity contribution in [2.75, 3.05) is 12.4 Å². The van der Waals surface area contributed by atoms with Crippen LogP contribution in [0.25, 0.3) is 0 Å². The van der Waals surface area contributed by atoms with Crippen LogP contribution in [0.5, 0.6) is 0 Å². The number of benzene rings is 1. The lowest BCUT2D eigenvalue weighted by molar-refractivity contribution is -0.120. The lowest BCUT2D eigenvalue weighted by atomic mass is 10.2. The van der Waals surface area contributed by atoms with E-state index in [2.05, 4.69) is 20.6 Å². The minimum atomic E-state index is -0.864. The first-order valence-corrected chi connectivity index (χ1v) is 9.29. The number of thiazole rings is 1. The van der Waals surface area contributed by atoms with Gasteiger partial charge in [-0.3, -0.25) is 24.3 Å². The van der Waals surface area contributed by atoms with Gasteiger partial charge in [0, 0.05) is 24.2 Å². The van der Waals surface area contributed by atoms with Crippen LogP contribution in [0, 0.1) is 5.82 Å². The lowest BCUT2D eigenvalue weighted by Crippen LogP contribution is -2.39. The second-order valence-corrected chi connectivity index (χ2v) is 6.80. The van der Waals surface area contributed by atoms with Gasteiger partial charge in [0.15, 0.2) is 5.13 Å². The number of carbonyl (C=O) groups is 2. The Morgan fingerprint density at radius 2 is 2.03 bits per heavy atom. The first-order chi connectivity index (χ1) is 13.9. The van der Waals surface area contributed by atoms with Gasteiger partial charge >= 0.3 is 5.69 Å². The van der Waals surface area contributed by atoms with Crippen molar-refractivity contribution in [2.45, 2.75) is 13.0 Å².